The smallest absolute Gasteiger partial charge is 0.313 e. The lowest BCUT2D eigenvalue weighted by Crippen LogP contribution is -2.31. The van der Waals surface area contributed by atoms with Gasteiger partial charge < -0.3 is 10.0 Å². The van der Waals surface area contributed by atoms with Gasteiger partial charge in [0, 0.05) is 18.8 Å². The van der Waals surface area contributed by atoms with Crippen LogP contribution in [0.5, 0.6) is 0 Å². The molecule has 0 bridgehead atoms. The first-order valence-corrected chi connectivity index (χ1v) is 7.60. The van der Waals surface area contributed by atoms with Crippen molar-refractivity contribution in [3.63, 3.8) is 0 Å². The van der Waals surface area contributed by atoms with Crippen LogP contribution in [0, 0.1) is 5.92 Å². The Morgan fingerprint density at radius 3 is 2.75 bits per heavy atom. The highest BCUT2D eigenvalue weighted by Gasteiger charge is 2.31. The van der Waals surface area contributed by atoms with Gasteiger partial charge in [0.25, 0.3) is 0 Å². The molecule has 1 saturated carbocycles. The maximum absolute atomic E-state index is 11.4. The van der Waals surface area contributed by atoms with Gasteiger partial charge in [-0.05, 0) is 56.2 Å². The van der Waals surface area contributed by atoms with Crippen LogP contribution in [-0.4, -0.2) is 24.2 Å². The van der Waals surface area contributed by atoms with E-state index in [2.05, 4.69) is 17.0 Å². The molecule has 3 rings (SSSR count). The van der Waals surface area contributed by atoms with Crippen LogP contribution >= 0.6 is 0 Å². The maximum Gasteiger partial charge on any atom is 0.313 e. The second-order valence-corrected chi connectivity index (χ2v) is 6.77. The van der Waals surface area contributed by atoms with Crippen LogP contribution in [0.25, 0.3) is 0 Å². The van der Waals surface area contributed by atoms with E-state index in [-0.39, 0.29) is 0 Å². The largest absolute Gasteiger partial charge is 0.481 e. The molecule has 3 heteroatoms. The highest BCUT2D eigenvalue weighted by atomic mass is 16.4. The van der Waals surface area contributed by atoms with E-state index in [9.17, 15) is 9.90 Å². The van der Waals surface area contributed by atoms with Gasteiger partial charge in [0.2, 0.25) is 0 Å². The molecular weight excluding hydrogens is 250 g/mol. The Bertz CT molecular complexity index is 532. The van der Waals surface area contributed by atoms with E-state index in [1.807, 2.05) is 6.07 Å². The molecule has 0 aromatic heterocycles. The van der Waals surface area contributed by atoms with Gasteiger partial charge in [-0.25, -0.2) is 0 Å². The lowest BCUT2D eigenvalue weighted by atomic mass is 9.83. The van der Waals surface area contributed by atoms with Crippen molar-refractivity contribution < 1.29 is 9.90 Å². The fourth-order valence-electron chi connectivity index (χ4n) is 3.16. The van der Waals surface area contributed by atoms with E-state index in [0.29, 0.717) is 0 Å². The van der Waals surface area contributed by atoms with E-state index in [1.54, 1.807) is 13.8 Å². The lowest BCUT2D eigenvalue weighted by Gasteiger charge is -2.31. The van der Waals surface area contributed by atoms with E-state index in [4.69, 9.17) is 0 Å². The van der Waals surface area contributed by atoms with Crippen LogP contribution in [0.1, 0.15) is 44.2 Å². The van der Waals surface area contributed by atoms with Gasteiger partial charge in [0.05, 0.1) is 5.41 Å². The van der Waals surface area contributed by atoms with Gasteiger partial charge in [0.1, 0.15) is 0 Å². The Balaban J connectivity index is 1.82. The highest BCUT2D eigenvalue weighted by Crippen LogP contribution is 2.36. The molecule has 108 valence electrons. The number of anilines is 1. The minimum Gasteiger partial charge on any atom is -0.481 e. The molecule has 1 fully saturated rings. The number of hydrogen-bond donors (Lipinski definition) is 1. The zero-order valence-corrected chi connectivity index (χ0v) is 12.4. The van der Waals surface area contributed by atoms with Gasteiger partial charge in [-0.15, -0.1) is 0 Å². The summed E-state index contributed by atoms with van der Waals surface area (Å²) < 4.78 is 0. The van der Waals surface area contributed by atoms with Crippen LogP contribution in [0.4, 0.5) is 5.69 Å². The monoisotopic (exact) mass is 273 g/mol. The third kappa shape index (κ3) is 2.19. The van der Waals surface area contributed by atoms with E-state index < -0.39 is 11.4 Å². The van der Waals surface area contributed by atoms with Crippen molar-refractivity contribution >= 4 is 11.7 Å². The Morgan fingerprint density at radius 2 is 2.15 bits per heavy atom. The first-order valence-electron chi connectivity index (χ1n) is 7.60. The van der Waals surface area contributed by atoms with Crippen LogP contribution < -0.4 is 4.90 Å². The molecule has 1 N–H and O–H groups in total. The molecule has 0 spiro atoms. The minimum absolute atomic E-state index is 0.762. The highest BCUT2D eigenvalue weighted by molar-refractivity contribution is 5.80. The summed E-state index contributed by atoms with van der Waals surface area (Å²) in [5.74, 6) is 0.109. The molecular formula is C17H23NO2. The first-order chi connectivity index (χ1) is 9.48. The molecule has 0 unspecified atom stereocenters. The van der Waals surface area contributed by atoms with E-state index >= 15 is 0 Å². The number of carbonyl (C=O) groups is 1. The molecule has 1 aromatic rings. The van der Waals surface area contributed by atoms with Crippen molar-refractivity contribution in [2.45, 2.75) is 44.9 Å². The number of carboxylic acids is 1. The third-order valence-electron chi connectivity index (χ3n) is 5.03. The SMILES string of the molecule is CC(C)(C(=O)O)c1ccc2c(c1)CCN2CC1CCC1. The van der Waals surface area contributed by atoms with Gasteiger partial charge in [0.15, 0.2) is 0 Å². The molecule has 0 amide bonds. The summed E-state index contributed by atoms with van der Waals surface area (Å²) in [5, 5.41) is 9.34. The summed E-state index contributed by atoms with van der Waals surface area (Å²) in [4.78, 5) is 13.9. The number of rotatable bonds is 4. The van der Waals surface area contributed by atoms with Crippen LogP contribution in [-0.2, 0) is 16.6 Å². The Kier molecular flexibility index (Phi) is 3.23. The second kappa shape index (κ2) is 4.80. The molecule has 0 radical (unpaired) electrons. The van der Waals surface area contributed by atoms with Crippen LogP contribution in [0.3, 0.4) is 0 Å². The van der Waals surface area contributed by atoms with E-state index in [0.717, 1.165) is 24.4 Å². The summed E-state index contributed by atoms with van der Waals surface area (Å²) in [7, 11) is 0. The molecule has 20 heavy (non-hydrogen) atoms. The molecule has 1 aliphatic heterocycles. The maximum atomic E-state index is 11.4. The summed E-state index contributed by atoms with van der Waals surface area (Å²) >= 11 is 0. The predicted octanol–water partition coefficient (Wildman–Crippen LogP) is 3.21. The number of carboxylic acid groups (broad SMARTS) is 1. The fourth-order valence-corrected chi connectivity index (χ4v) is 3.16. The van der Waals surface area contributed by atoms with Crippen molar-refractivity contribution in [2.75, 3.05) is 18.0 Å². The quantitative estimate of drug-likeness (QED) is 0.915. The number of aliphatic carboxylic acids is 1. The second-order valence-electron chi connectivity index (χ2n) is 6.77. The van der Waals surface area contributed by atoms with E-state index in [1.165, 1.54) is 37.1 Å². The third-order valence-corrected chi connectivity index (χ3v) is 5.03. The zero-order valence-electron chi connectivity index (χ0n) is 12.4. The fraction of sp³-hybridized carbons (Fsp3) is 0.588. The molecule has 0 atom stereocenters. The average molecular weight is 273 g/mol. The normalized spacial score (nSPS) is 18.8. The Morgan fingerprint density at radius 1 is 1.40 bits per heavy atom. The molecule has 1 heterocycles. The number of benzene rings is 1. The molecule has 3 nitrogen and oxygen atoms in total. The number of hydrogen-bond acceptors (Lipinski definition) is 2. The molecule has 0 saturated heterocycles. The predicted molar refractivity (Wildman–Crippen MR) is 80.4 cm³/mol. The minimum atomic E-state index is -0.809. The Hall–Kier alpha value is -1.51. The van der Waals surface area contributed by atoms with Crippen LogP contribution in [0.2, 0.25) is 0 Å². The average Bonchev–Trinajstić information content (AvgIpc) is 2.75. The van der Waals surface area contributed by atoms with Gasteiger partial charge in [-0.1, -0.05) is 18.6 Å². The van der Waals surface area contributed by atoms with Gasteiger partial charge >= 0.3 is 5.97 Å². The molecule has 1 aliphatic carbocycles. The summed E-state index contributed by atoms with van der Waals surface area (Å²) in [5.41, 5.74) is 2.74. The van der Waals surface area contributed by atoms with Crippen molar-refractivity contribution in [3.05, 3.63) is 29.3 Å². The van der Waals surface area contributed by atoms with Gasteiger partial charge in [-0.3, -0.25) is 4.79 Å². The zero-order chi connectivity index (χ0) is 14.3. The number of nitrogens with zero attached hydrogens (tertiary/aromatic N) is 1. The summed E-state index contributed by atoms with van der Waals surface area (Å²) in [6.45, 7) is 5.81. The first kappa shape index (κ1) is 13.5. The Labute approximate surface area is 120 Å². The molecule has 2 aliphatic rings. The van der Waals surface area contributed by atoms with Crippen molar-refractivity contribution in [1.29, 1.82) is 0 Å². The summed E-state index contributed by atoms with van der Waals surface area (Å²) in [6.07, 6.45) is 5.18. The van der Waals surface area contributed by atoms with Gasteiger partial charge in [-0.2, -0.15) is 0 Å². The topological polar surface area (TPSA) is 40.5 Å². The van der Waals surface area contributed by atoms with Crippen LogP contribution in [0.15, 0.2) is 18.2 Å². The molecule has 1 aromatic carbocycles. The van der Waals surface area contributed by atoms with Crippen molar-refractivity contribution in [2.24, 2.45) is 5.92 Å². The van der Waals surface area contributed by atoms with Crippen molar-refractivity contribution in [3.8, 4) is 0 Å². The summed E-state index contributed by atoms with van der Waals surface area (Å²) in [6, 6.07) is 6.22. The van der Waals surface area contributed by atoms with Crippen molar-refractivity contribution in [1.82, 2.24) is 0 Å². The standard InChI is InChI=1S/C17H23NO2/c1-17(2,16(19)20)14-6-7-15-13(10-14)8-9-18(15)11-12-4-3-5-12/h6-7,10,12H,3-5,8-9,11H2,1-2H3,(H,19,20). The lowest BCUT2D eigenvalue weighted by molar-refractivity contribution is -0.142. The number of fused-ring (bicyclic) bond motifs is 1.